The third-order valence-corrected chi connectivity index (χ3v) is 2.80. The molecule has 5 heteroatoms. The van der Waals surface area contributed by atoms with Crippen molar-refractivity contribution in [2.45, 2.75) is 13.0 Å². The molecule has 0 saturated heterocycles. The van der Waals surface area contributed by atoms with Gasteiger partial charge in [0.1, 0.15) is 5.69 Å². The minimum absolute atomic E-state index is 0.146. The van der Waals surface area contributed by atoms with Crippen LogP contribution < -0.4 is 5.43 Å². The molecule has 17 heavy (non-hydrogen) atoms. The van der Waals surface area contributed by atoms with Gasteiger partial charge in [0.25, 0.3) is 0 Å². The van der Waals surface area contributed by atoms with Crippen molar-refractivity contribution in [3.05, 3.63) is 56.9 Å². The molecule has 0 amide bonds. The Bertz CT molecular complexity index is 593. The van der Waals surface area contributed by atoms with Gasteiger partial charge in [0, 0.05) is 16.7 Å². The summed E-state index contributed by atoms with van der Waals surface area (Å²) in [5, 5.41) is 13.6. The first-order valence-corrected chi connectivity index (χ1v) is 5.91. The Morgan fingerprint density at radius 2 is 2.18 bits per heavy atom. The van der Waals surface area contributed by atoms with Crippen LogP contribution in [0.1, 0.15) is 18.7 Å². The molecule has 2 rings (SSSR count). The second-order valence-corrected chi connectivity index (χ2v) is 4.58. The minimum atomic E-state index is -0.873. The Kier molecular flexibility index (Phi) is 3.40. The van der Waals surface area contributed by atoms with Gasteiger partial charge >= 0.3 is 0 Å². The highest BCUT2D eigenvalue weighted by atomic mass is 79.9. The zero-order chi connectivity index (χ0) is 12.4. The Balaban J connectivity index is 2.54. The van der Waals surface area contributed by atoms with Crippen LogP contribution in [0.5, 0.6) is 0 Å². The first-order chi connectivity index (χ1) is 8.08. The van der Waals surface area contributed by atoms with Gasteiger partial charge in [-0.05, 0) is 25.1 Å². The Morgan fingerprint density at radius 1 is 1.41 bits per heavy atom. The molecule has 1 aromatic heterocycles. The van der Waals surface area contributed by atoms with Crippen molar-refractivity contribution in [1.82, 2.24) is 9.78 Å². The number of benzene rings is 1. The molecule has 0 aliphatic rings. The van der Waals surface area contributed by atoms with Crippen molar-refractivity contribution in [3.8, 4) is 5.69 Å². The van der Waals surface area contributed by atoms with Crippen LogP contribution in [0.25, 0.3) is 5.69 Å². The predicted octanol–water partition coefficient (Wildman–Crippen LogP) is 2.05. The second-order valence-electron chi connectivity index (χ2n) is 3.67. The summed E-state index contributed by atoms with van der Waals surface area (Å²) in [4.78, 5) is 11.5. The average Bonchev–Trinajstić information content (AvgIpc) is 2.29. The molecule has 2 aromatic rings. The molecule has 0 fully saturated rings. The minimum Gasteiger partial charge on any atom is -0.387 e. The van der Waals surface area contributed by atoms with Gasteiger partial charge in [-0.2, -0.15) is 5.10 Å². The fourth-order valence-electron chi connectivity index (χ4n) is 1.47. The van der Waals surface area contributed by atoms with Crippen molar-refractivity contribution in [2.75, 3.05) is 0 Å². The van der Waals surface area contributed by atoms with E-state index in [0.717, 1.165) is 10.2 Å². The highest BCUT2D eigenvalue weighted by Gasteiger charge is 2.09. The predicted molar refractivity (Wildman–Crippen MR) is 68.2 cm³/mol. The number of rotatable bonds is 2. The summed E-state index contributed by atoms with van der Waals surface area (Å²) in [5.41, 5.74) is 0.708. The summed E-state index contributed by atoms with van der Waals surface area (Å²) >= 11 is 3.37. The number of nitrogens with zero attached hydrogens (tertiary/aromatic N) is 2. The monoisotopic (exact) mass is 294 g/mol. The number of halogens is 1. The Morgan fingerprint density at radius 3 is 2.82 bits per heavy atom. The maximum absolute atomic E-state index is 11.5. The topological polar surface area (TPSA) is 55.1 Å². The van der Waals surface area contributed by atoms with E-state index in [0.29, 0.717) is 0 Å². The largest absolute Gasteiger partial charge is 0.387 e. The molecule has 1 N–H and O–H groups in total. The van der Waals surface area contributed by atoms with Crippen LogP contribution in [0.3, 0.4) is 0 Å². The fraction of sp³-hybridized carbons (Fsp3) is 0.167. The summed E-state index contributed by atoms with van der Waals surface area (Å²) in [6, 6.07) is 8.93. The Labute approximate surface area is 107 Å². The number of aliphatic hydroxyl groups is 1. The van der Waals surface area contributed by atoms with Crippen LogP contribution in [-0.2, 0) is 0 Å². The zero-order valence-electron chi connectivity index (χ0n) is 9.17. The normalized spacial score (nSPS) is 12.4. The number of aliphatic hydroxyl groups excluding tert-OH is 1. The molecular weight excluding hydrogens is 284 g/mol. The molecule has 4 nitrogen and oxygen atoms in total. The van der Waals surface area contributed by atoms with E-state index < -0.39 is 6.10 Å². The van der Waals surface area contributed by atoms with Crippen molar-refractivity contribution < 1.29 is 5.11 Å². The van der Waals surface area contributed by atoms with E-state index in [-0.39, 0.29) is 11.1 Å². The molecule has 0 spiro atoms. The molecule has 88 valence electrons. The van der Waals surface area contributed by atoms with Gasteiger partial charge < -0.3 is 5.11 Å². The summed E-state index contributed by atoms with van der Waals surface area (Å²) in [5.74, 6) is 0. The fourth-order valence-corrected chi connectivity index (χ4v) is 1.86. The molecule has 1 aromatic carbocycles. The second kappa shape index (κ2) is 4.81. The molecule has 1 unspecified atom stereocenters. The molecule has 0 saturated carbocycles. The quantitative estimate of drug-likeness (QED) is 0.922. The highest BCUT2D eigenvalue weighted by Crippen LogP contribution is 2.14. The summed E-state index contributed by atoms with van der Waals surface area (Å²) < 4.78 is 2.49. The first-order valence-electron chi connectivity index (χ1n) is 5.12. The van der Waals surface area contributed by atoms with Gasteiger partial charge in [0.2, 0.25) is 5.43 Å². The Hall–Kier alpha value is -1.46. The molecule has 0 aliphatic heterocycles. The third kappa shape index (κ3) is 2.62. The molecule has 1 atom stereocenters. The van der Waals surface area contributed by atoms with Gasteiger partial charge in [-0.1, -0.05) is 22.0 Å². The van der Waals surface area contributed by atoms with Crippen LogP contribution >= 0.6 is 15.9 Å². The van der Waals surface area contributed by atoms with Crippen LogP contribution in [0.2, 0.25) is 0 Å². The number of hydrogen-bond acceptors (Lipinski definition) is 3. The van der Waals surface area contributed by atoms with Crippen LogP contribution in [0.15, 0.2) is 45.8 Å². The number of hydrogen-bond donors (Lipinski definition) is 1. The maximum Gasteiger partial charge on any atom is 0.206 e. The lowest BCUT2D eigenvalue weighted by molar-refractivity contribution is 0.191. The molecular formula is C12H11BrN2O2. The first kappa shape index (κ1) is 12.0. The summed E-state index contributed by atoms with van der Waals surface area (Å²) in [7, 11) is 0. The van der Waals surface area contributed by atoms with E-state index in [1.807, 2.05) is 24.3 Å². The highest BCUT2D eigenvalue weighted by molar-refractivity contribution is 9.10. The van der Waals surface area contributed by atoms with E-state index >= 15 is 0 Å². The molecule has 1 heterocycles. The molecule has 0 bridgehead atoms. The number of aromatic nitrogens is 2. The van der Waals surface area contributed by atoms with Gasteiger partial charge in [-0.3, -0.25) is 4.79 Å². The van der Waals surface area contributed by atoms with Crippen molar-refractivity contribution in [3.63, 3.8) is 0 Å². The van der Waals surface area contributed by atoms with Crippen LogP contribution in [-0.4, -0.2) is 14.9 Å². The lowest BCUT2D eigenvalue weighted by atomic mass is 10.2. The maximum atomic E-state index is 11.5. The van der Waals surface area contributed by atoms with Crippen molar-refractivity contribution in [1.29, 1.82) is 0 Å². The molecule has 0 aliphatic carbocycles. The van der Waals surface area contributed by atoms with E-state index in [1.165, 1.54) is 13.0 Å². The standard InChI is InChI=1S/C12H11BrN2O2/c1-8(16)12-11(17)5-6-15(14-12)10-4-2-3-9(13)7-10/h2-8,16H,1H3. The van der Waals surface area contributed by atoms with Gasteiger partial charge in [-0.15, -0.1) is 0 Å². The average molecular weight is 295 g/mol. The van der Waals surface area contributed by atoms with Gasteiger partial charge in [-0.25, -0.2) is 4.68 Å². The molecule has 0 radical (unpaired) electrons. The van der Waals surface area contributed by atoms with Gasteiger partial charge in [0.05, 0.1) is 11.8 Å². The van der Waals surface area contributed by atoms with E-state index in [1.54, 1.807) is 10.9 Å². The third-order valence-electron chi connectivity index (χ3n) is 2.30. The smallest absolute Gasteiger partial charge is 0.206 e. The van der Waals surface area contributed by atoms with Crippen molar-refractivity contribution >= 4 is 15.9 Å². The SMILES string of the molecule is CC(O)c1nn(-c2cccc(Br)c2)ccc1=O. The lowest BCUT2D eigenvalue weighted by Gasteiger charge is -2.08. The zero-order valence-corrected chi connectivity index (χ0v) is 10.8. The van der Waals surface area contributed by atoms with Crippen LogP contribution in [0.4, 0.5) is 0 Å². The van der Waals surface area contributed by atoms with Crippen LogP contribution in [0, 0.1) is 0 Å². The van der Waals surface area contributed by atoms with E-state index in [9.17, 15) is 9.90 Å². The van der Waals surface area contributed by atoms with E-state index in [2.05, 4.69) is 21.0 Å². The van der Waals surface area contributed by atoms with Crippen molar-refractivity contribution in [2.24, 2.45) is 0 Å². The summed E-state index contributed by atoms with van der Waals surface area (Å²) in [6.07, 6.45) is 0.706. The lowest BCUT2D eigenvalue weighted by Crippen LogP contribution is -2.17. The summed E-state index contributed by atoms with van der Waals surface area (Å²) in [6.45, 7) is 1.52. The van der Waals surface area contributed by atoms with Gasteiger partial charge in [0.15, 0.2) is 0 Å². The van der Waals surface area contributed by atoms with E-state index in [4.69, 9.17) is 0 Å².